The van der Waals surface area contributed by atoms with Gasteiger partial charge in [-0.2, -0.15) is 0 Å². The summed E-state index contributed by atoms with van der Waals surface area (Å²) in [7, 11) is 4.34. The number of fused-ring (bicyclic) bond motifs is 1. The number of piperazine rings is 1. The van der Waals surface area contributed by atoms with E-state index in [0.29, 0.717) is 19.0 Å². The number of nitrogens with zero attached hydrogens (tertiary/aromatic N) is 3. The summed E-state index contributed by atoms with van der Waals surface area (Å²) in [6, 6.07) is 8.47. The van der Waals surface area contributed by atoms with Gasteiger partial charge in [0.2, 0.25) is 5.91 Å². The summed E-state index contributed by atoms with van der Waals surface area (Å²) in [6.07, 6.45) is 0.500. The number of carbonyl (C=O) groups is 1. The van der Waals surface area contributed by atoms with Crippen LogP contribution in [0.4, 0.5) is 5.69 Å². The Balaban J connectivity index is 0.00000280. The van der Waals surface area contributed by atoms with Gasteiger partial charge in [0.1, 0.15) is 0 Å². The predicted molar refractivity (Wildman–Crippen MR) is 126 cm³/mol. The topological polar surface area (TPSA) is 72.0 Å². The van der Waals surface area contributed by atoms with Gasteiger partial charge in [-0.25, -0.2) is 0 Å². The molecule has 8 heteroatoms. The van der Waals surface area contributed by atoms with Crippen LogP contribution in [0.3, 0.4) is 0 Å². The van der Waals surface area contributed by atoms with Gasteiger partial charge >= 0.3 is 0 Å². The first-order valence-corrected chi connectivity index (χ1v) is 9.86. The molecule has 0 spiro atoms. The molecule has 0 radical (unpaired) electrons. The molecule has 2 atom stereocenters. The first kappa shape index (κ1) is 22.9. The zero-order chi connectivity index (χ0) is 19.2. The standard InChI is InChI=1S/C20H32N6O.HI/c1-4-21-20(23-13-16-14-25(2)9-10-26(16)3)22-12-15-11-19(27)24-18-8-6-5-7-17(15)18;/h5-8,15-16H,4,9-14H2,1-3H3,(H,24,27)(H2,21,22,23);1H. The second-order valence-electron chi connectivity index (χ2n) is 7.53. The number of para-hydroxylation sites is 1. The van der Waals surface area contributed by atoms with E-state index in [2.05, 4.69) is 52.8 Å². The van der Waals surface area contributed by atoms with Crippen molar-refractivity contribution < 1.29 is 4.79 Å². The second-order valence-corrected chi connectivity index (χ2v) is 7.53. The predicted octanol–water partition coefficient (Wildman–Crippen LogP) is 1.53. The number of hydrogen-bond acceptors (Lipinski definition) is 4. The van der Waals surface area contributed by atoms with Crippen LogP contribution in [-0.2, 0) is 4.79 Å². The van der Waals surface area contributed by atoms with Crippen LogP contribution < -0.4 is 16.0 Å². The van der Waals surface area contributed by atoms with Gasteiger partial charge in [0.15, 0.2) is 5.96 Å². The van der Waals surface area contributed by atoms with Crippen LogP contribution in [0, 0.1) is 0 Å². The van der Waals surface area contributed by atoms with Crippen LogP contribution in [0.15, 0.2) is 29.3 Å². The van der Waals surface area contributed by atoms with Crippen molar-refractivity contribution in [1.29, 1.82) is 0 Å². The molecule has 1 fully saturated rings. The molecule has 1 amide bonds. The summed E-state index contributed by atoms with van der Waals surface area (Å²) < 4.78 is 0. The summed E-state index contributed by atoms with van der Waals surface area (Å²) in [5.41, 5.74) is 2.11. The number of amides is 1. The third-order valence-corrected chi connectivity index (χ3v) is 5.41. The van der Waals surface area contributed by atoms with Crippen LogP contribution in [0.2, 0.25) is 0 Å². The number of nitrogens with one attached hydrogen (secondary N) is 3. The van der Waals surface area contributed by atoms with Gasteiger partial charge in [0, 0.05) is 56.8 Å². The van der Waals surface area contributed by atoms with Crippen LogP contribution >= 0.6 is 24.0 Å². The quantitative estimate of drug-likeness (QED) is 0.325. The number of carbonyl (C=O) groups excluding carboxylic acids is 1. The molecule has 1 aromatic rings. The fraction of sp³-hybridized carbons (Fsp3) is 0.600. The van der Waals surface area contributed by atoms with Crippen molar-refractivity contribution in [3.05, 3.63) is 29.8 Å². The smallest absolute Gasteiger partial charge is 0.225 e. The highest BCUT2D eigenvalue weighted by atomic mass is 127. The lowest BCUT2D eigenvalue weighted by molar-refractivity contribution is -0.116. The van der Waals surface area contributed by atoms with E-state index in [1.807, 2.05) is 18.2 Å². The fourth-order valence-corrected chi connectivity index (χ4v) is 3.74. The van der Waals surface area contributed by atoms with E-state index in [4.69, 9.17) is 4.99 Å². The number of halogens is 1. The average Bonchev–Trinajstić information content (AvgIpc) is 2.66. The first-order valence-electron chi connectivity index (χ1n) is 9.86. The Bertz CT molecular complexity index is 682. The number of likely N-dealkylation sites (N-methyl/N-ethyl adjacent to an activating group) is 2. The first-order chi connectivity index (χ1) is 13.1. The molecule has 7 nitrogen and oxygen atoms in total. The summed E-state index contributed by atoms with van der Waals surface area (Å²) in [4.78, 5) is 21.6. The van der Waals surface area contributed by atoms with Crippen molar-refractivity contribution in [3.8, 4) is 0 Å². The van der Waals surface area contributed by atoms with Crippen molar-refractivity contribution in [2.75, 3.05) is 58.7 Å². The maximum Gasteiger partial charge on any atom is 0.225 e. The van der Waals surface area contributed by atoms with Gasteiger partial charge < -0.3 is 20.9 Å². The SMILES string of the molecule is CCNC(=NCC1CN(C)CCN1C)NCC1CC(=O)Nc2ccccc21.I. The Morgan fingerprint density at radius 1 is 1.25 bits per heavy atom. The molecule has 1 aromatic carbocycles. The molecule has 0 saturated carbocycles. The molecule has 2 heterocycles. The third-order valence-electron chi connectivity index (χ3n) is 5.41. The van der Waals surface area contributed by atoms with Crippen molar-refractivity contribution in [2.24, 2.45) is 4.99 Å². The molecule has 28 heavy (non-hydrogen) atoms. The van der Waals surface area contributed by atoms with E-state index in [1.54, 1.807) is 0 Å². The van der Waals surface area contributed by atoms with Crippen LogP contribution in [-0.4, -0.2) is 81.1 Å². The molecule has 0 bridgehead atoms. The van der Waals surface area contributed by atoms with Gasteiger partial charge in [-0.05, 0) is 32.6 Å². The molecule has 0 aromatic heterocycles. The lowest BCUT2D eigenvalue weighted by Gasteiger charge is -2.37. The summed E-state index contributed by atoms with van der Waals surface area (Å²) >= 11 is 0. The van der Waals surface area contributed by atoms with Gasteiger partial charge in [-0.15, -0.1) is 24.0 Å². The van der Waals surface area contributed by atoms with Crippen LogP contribution in [0.25, 0.3) is 0 Å². The minimum absolute atomic E-state index is 0. The minimum atomic E-state index is 0. The summed E-state index contributed by atoms with van der Waals surface area (Å²) in [5, 5.41) is 9.73. The van der Waals surface area contributed by atoms with Gasteiger partial charge in [0.25, 0.3) is 0 Å². The van der Waals surface area contributed by atoms with Gasteiger partial charge in [-0.1, -0.05) is 18.2 Å². The second kappa shape index (κ2) is 11.0. The van der Waals surface area contributed by atoms with Crippen molar-refractivity contribution in [2.45, 2.75) is 25.3 Å². The Labute approximate surface area is 185 Å². The zero-order valence-corrected chi connectivity index (χ0v) is 19.4. The molecule has 3 rings (SSSR count). The Hall–Kier alpha value is -1.39. The maximum atomic E-state index is 12.0. The molecule has 1 saturated heterocycles. The number of guanidine groups is 1. The van der Waals surface area contributed by atoms with Crippen LogP contribution in [0.1, 0.15) is 24.8 Å². The molecule has 156 valence electrons. The Kier molecular flexibility index (Phi) is 8.97. The third kappa shape index (κ3) is 6.05. The maximum absolute atomic E-state index is 12.0. The van der Waals surface area contributed by atoms with Gasteiger partial charge in [0.05, 0.1) is 6.54 Å². The van der Waals surface area contributed by atoms with Crippen molar-refractivity contribution in [1.82, 2.24) is 20.4 Å². The highest BCUT2D eigenvalue weighted by Gasteiger charge is 2.25. The van der Waals surface area contributed by atoms with E-state index < -0.39 is 0 Å². The number of rotatable bonds is 5. The number of hydrogen-bond donors (Lipinski definition) is 3. The minimum Gasteiger partial charge on any atom is -0.357 e. The monoisotopic (exact) mass is 500 g/mol. The highest BCUT2D eigenvalue weighted by molar-refractivity contribution is 14.0. The highest BCUT2D eigenvalue weighted by Crippen LogP contribution is 2.31. The lowest BCUT2D eigenvalue weighted by Crippen LogP contribution is -2.51. The van der Waals surface area contributed by atoms with Crippen molar-refractivity contribution in [3.63, 3.8) is 0 Å². The van der Waals surface area contributed by atoms with E-state index in [0.717, 1.165) is 44.4 Å². The largest absolute Gasteiger partial charge is 0.357 e. The van der Waals surface area contributed by atoms with E-state index in [1.165, 1.54) is 5.56 Å². The Morgan fingerprint density at radius 3 is 2.82 bits per heavy atom. The van der Waals surface area contributed by atoms with Crippen LogP contribution in [0.5, 0.6) is 0 Å². The molecular formula is C20H33IN6O. The molecule has 2 aliphatic heterocycles. The average molecular weight is 500 g/mol. The molecule has 0 aliphatic carbocycles. The van der Waals surface area contributed by atoms with E-state index >= 15 is 0 Å². The van der Waals surface area contributed by atoms with Gasteiger partial charge in [-0.3, -0.25) is 14.7 Å². The summed E-state index contributed by atoms with van der Waals surface area (Å²) in [6.45, 7) is 7.56. The number of benzene rings is 1. The molecular weight excluding hydrogens is 467 g/mol. The molecule has 3 N–H and O–H groups in total. The fourth-order valence-electron chi connectivity index (χ4n) is 3.74. The number of anilines is 1. The Morgan fingerprint density at radius 2 is 2.04 bits per heavy atom. The van der Waals surface area contributed by atoms with E-state index in [-0.39, 0.29) is 35.8 Å². The van der Waals surface area contributed by atoms with Crippen molar-refractivity contribution >= 4 is 41.5 Å². The molecule has 2 aliphatic rings. The van der Waals surface area contributed by atoms with E-state index in [9.17, 15) is 4.79 Å². The zero-order valence-electron chi connectivity index (χ0n) is 17.1. The summed E-state index contributed by atoms with van der Waals surface area (Å²) in [5.74, 6) is 1.05. The number of aliphatic imine (C=N–C) groups is 1. The lowest BCUT2D eigenvalue weighted by atomic mass is 9.90. The molecule has 2 unspecified atom stereocenters. The normalized spacial score (nSPS) is 23.4.